The molecule has 0 saturated carbocycles. The van der Waals surface area contributed by atoms with Crippen LogP contribution >= 0.6 is 0 Å². The van der Waals surface area contributed by atoms with E-state index >= 15 is 0 Å². The Labute approximate surface area is 143 Å². The Kier molecular flexibility index (Phi) is 6.68. The van der Waals surface area contributed by atoms with Gasteiger partial charge in [0.2, 0.25) is 0 Å². The van der Waals surface area contributed by atoms with Gasteiger partial charge in [0.1, 0.15) is 5.75 Å². The van der Waals surface area contributed by atoms with Gasteiger partial charge in [0.15, 0.2) is 0 Å². The number of nitrogens with zero attached hydrogens (tertiary/aromatic N) is 1. The number of benzene rings is 2. The van der Waals surface area contributed by atoms with E-state index < -0.39 is 6.10 Å². The van der Waals surface area contributed by atoms with Gasteiger partial charge in [-0.15, -0.1) is 6.42 Å². The van der Waals surface area contributed by atoms with E-state index in [0.717, 1.165) is 22.6 Å². The van der Waals surface area contributed by atoms with Crippen LogP contribution in [0.5, 0.6) is 5.75 Å². The Balaban J connectivity index is 1.77. The van der Waals surface area contributed by atoms with Crippen molar-refractivity contribution in [1.82, 2.24) is 0 Å². The Hall–Kier alpha value is -2.48. The molecule has 0 bridgehead atoms. The maximum atomic E-state index is 10.1. The maximum Gasteiger partial charge on any atom is 0.118 e. The topological polar surface area (TPSA) is 41.9 Å². The summed E-state index contributed by atoms with van der Waals surface area (Å²) in [5.74, 6) is 3.43. The summed E-state index contributed by atoms with van der Waals surface area (Å²) in [4.78, 5) is 1.96. The van der Waals surface area contributed by atoms with Crippen LogP contribution in [0.4, 0.5) is 5.69 Å². The van der Waals surface area contributed by atoms with Crippen molar-refractivity contribution < 1.29 is 14.6 Å². The summed E-state index contributed by atoms with van der Waals surface area (Å²) >= 11 is 0. The lowest BCUT2D eigenvalue weighted by Gasteiger charge is -2.23. The van der Waals surface area contributed by atoms with Crippen LogP contribution < -0.4 is 9.64 Å². The fourth-order valence-electron chi connectivity index (χ4n) is 2.34. The van der Waals surface area contributed by atoms with Gasteiger partial charge in [0, 0.05) is 24.8 Å². The highest BCUT2D eigenvalue weighted by atomic mass is 16.5. The Morgan fingerprint density at radius 3 is 2.62 bits per heavy atom. The smallest absolute Gasteiger partial charge is 0.118 e. The normalized spacial score (nSPS) is 11.6. The number of hydrogen-bond donors (Lipinski definition) is 1. The van der Waals surface area contributed by atoms with Gasteiger partial charge in [-0.3, -0.25) is 0 Å². The summed E-state index contributed by atoms with van der Waals surface area (Å²) in [5, 5.41) is 10.1. The molecular weight excluding hydrogens is 302 g/mol. The number of likely N-dealkylation sites (N-methyl/N-ethyl adjacent to an activating group) is 1. The number of aliphatic hydroxyl groups excluding tert-OH is 1. The minimum Gasteiger partial charge on any atom is -0.497 e. The average molecular weight is 325 g/mol. The molecule has 1 N–H and O–H groups in total. The van der Waals surface area contributed by atoms with Crippen molar-refractivity contribution in [3.8, 4) is 18.1 Å². The van der Waals surface area contributed by atoms with Crippen LogP contribution in [0.25, 0.3) is 0 Å². The van der Waals surface area contributed by atoms with Crippen molar-refractivity contribution in [2.45, 2.75) is 12.7 Å². The molecule has 4 nitrogen and oxygen atoms in total. The van der Waals surface area contributed by atoms with Crippen molar-refractivity contribution in [3.63, 3.8) is 0 Å². The van der Waals surface area contributed by atoms with Gasteiger partial charge in [-0.25, -0.2) is 0 Å². The molecule has 2 rings (SSSR count). The van der Waals surface area contributed by atoms with E-state index in [-0.39, 0.29) is 6.61 Å². The minimum absolute atomic E-state index is 0.269. The van der Waals surface area contributed by atoms with E-state index in [2.05, 4.69) is 5.92 Å². The zero-order valence-electron chi connectivity index (χ0n) is 14.1. The second-order valence-corrected chi connectivity index (χ2v) is 5.59. The monoisotopic (exact) mass is 325 g/mol. The third-order valence-corrected chi connectivity index (χ3v) is 3.68. The first-order valence-electron chi connectivity index (χ1n) is 7.79. The zero-order valence-corrected chi connectivity index (χ0v) is 14.1. The molecule has 0 radical (unpaired) electrons. The molecule has 0 fully saturated rings. The molecular formula is C20H23NO3. The minimum atomic E-state index is -0.581. The SMILES string of the molecule is C#Cc1cccc(N(C)CC(O)COCc2ccc(OC)cc2)c1. The predicted octanol–water partition coefficient (Wildman–Crippen LogP) is 2.69. The Bertz CT molecular complexity index is 676. The second kappa shape index (κ2) is 8.97. The summed E-state index contributed by atoms with van der Waals surface area (Å²) < 4.78 is 10.7. The highest BCUT2D eigenvalue weighted by Crippen LogP contribution is 2.15. The maximum absolute atomic E-state index is 10.1. The van der Waals surface area contributed by atoms with Crippen molar-refractivity contribution in [2.24, 2.45) is 0 Å². The van der Waals surface area contributed by atoms with Crippen LogP contribution in [0, 0.1) is 12.3 Å². The first-order chi connectivity index (χ1) is 11.6. The van der Waals surface area contributed by atoms with Crippen LogP contribution in [0.1, 0.15) is 11.1 Å². The van der Waals surface area contributed by atoms with Gasteiger partial charge in [-0.05, 0) is 35.9 Å². The summed E-state index contributed by atoms with van der Waals surface area (Å²) in [6, 6.07) is 15.4. The molecule has 126 valence electrons. The predicted molar refractivity (Wildman–Crippen MR) is 96.3 cm³/mol. The quantitative estimate of drug-likeness (QED) is 0.758. The van der Waals surface area contributed by atoms with Crippen LogP contribution in [0.15, 0.2) is 48.5 Å². The average Bonchev–Trinajstić information content (AvgIpc) is 2.62. The third-order valence-electron chi connectivity index (χ3n) is 3.68. The molecule has 2 aromatic carbocycles. The second-order valence-electron chi connectivity index (χ2n) is 5.59. The fraction of sp³-hybridized carbons (Fsp3) is 0.300. The van der Waals surface area contributed by atoms with E-state index in [4.69, 9.17) is 15.9 Å². The van der Waals surface area contributed by atoms with Crippen molar-refractivity contribution in [1.29, 1.82) is 0 Å². The lowest BCUT2D eigenvalue weighted by Crippen LogP contribution is -2.32. The van der Waals surface area contributed by atoms with Crippen LogP contribution in [-0.2, 0) is 11.3 Å². The number of terminal acetylenes is 1. The molecule has 24 heavy (non-hydrogen) atoms. The Morgan fingerprint density at radius 1 is 1.21 bits per heavy atom. The largest absolute Gasteiger partial charge is 0.497 e. The number of ether oxygens (including phenoxy) is 2. The van der Waals surface area contributed by atoms with Gasteiger partial charge >= 0.3 is 0 Å². The lowest BCUT2D eigenvalue weighted by molar-refractivity contribution is 0.0324. The molecule has 0 spiro atoms. The number of rotatable bonds is 8. The van der Waals surface area contributed by atoms with Gasteiger partial charge in [0.25, 0.3) is 0 Å². The molecule has 0 aliphatic heterocycles. The van der Waals surface area contributed by atoms with Crippen molar-refractivity contribution in [2.75, 3.05) is 32.2 Å². The first-order valence-corrected chi connectivity index (χ1v) is 7.79. The molecule has 2 aromatic rings. The molecule has 4 heteroatoms. The van der Waals surface area contributed by atoms with Crippen LogP contribution in [0.3, 0.4) is 0 Å². The van der Waals surface area contributed by atoms with E-state index in [0.29, 0.717) is 13.2 Å². The fourth-order valence-corrected chi connectivity index (χ4v) is 2.34. The molecule has 0 saturated heterocycles. The molecule has 0 aliphatic rings. The van der Waals surface area contributed by atoms with Gasteiger partial charge < -0.3 is 19.5 Å². The van der Waals surface area contributed by atoms with E-state index in [9.17, 15) is 5.11 Å². The van der Waals surface area contributed by atoms with Crippen LogP contribution in [0.2, 0.25) is 0 Å². The van der Waals surface area contributed by atoms with E-state index in [1.54, 1.807) is 7.11 Å². The molecule has 0 heterocycles. The van der Waals surface area contributed by atoms with Gasteiger partial charge in [-0.2, -0.15) is 0 Å². The summed E-state index contributed by atoms with van der Waals surface area (Å²) in [6.45, 7) is 1.19. The summed E-state index contributed by atoms with van der Waals surface area (Å²) in [5.41, 5.74) is 2.84. The van der Waals surface area contributed by atoms with Gasteiger partial charge in [0.05, 0.1) is 26.4 Å². The van der Waals surface area contributed by atoms with Crippen LogP contribution in [-0.4, -0.2) is 38.5 Å². The third kappa shape index (κ3) is 5.31. The molecule has 1 atom stereocenters. The number of hydrogen-bond acceptors (Lipinski definition) is 4. The first kappa shape index (κ1) is 17.9. The Morgan fingerprint density at radius 2 is 1.96 bits per heavy atom. The van der Waals surface area contributed by atoms with Crippen molar-refractivity contribution >= 4 is 5.69 Å². The summed E-state index contributed by atoms with van der Waals surface area (Å²) in [6.07, 6.45) is 4.83. The summed E-state index contributed by atoms with van der Waals surface area (Å²) in [7, 11) is 3.56. The number of aliphatic hydroxyl groups is 1. The van der Waals surface area contributed by atoms with Gasteiger partial charge in [-0.1, -0.05) is 24.1 Å². The molecule has 0 aliphatic carbocycles. The van der Waals surface area contributed by atoms with Crippen molar-refractivity contribution in [3.05, 3.63) is 59.7 Å². The standard InChI is InChI=1S/C20H23NO3/c1-4-16-6-5-7-18(12-16)21(2)13-19(22)15-24-14-17-8-10-20(23-3)11-9-17/h1,5-12,19,22H,13-15H2,2-3H3. The molecule has 0 aromatic heterocycles. The molecule has 0 amide bonds. The number of methoxy groups -OCH3 is 1. The molecule has 1 unspecified atom stereocenters. The highest BCUT2D eigenvalue weighted by Gasteiger charge is 2.10. The van der Waals surface area contributed by atoms with E-state index in [1.807, 2.05) is 60.5 Å². The highest BCUT2D eigenvalue weighted by molar-refractivity contribution is 5.51. The number of anilines is 1. The lowest BCUT2D eigenvalue weighted by atomic mass is 10.2. The van der Waals surface area contributed by atoms with E-state index in [1.165, 1.54) is 0 Å². The zero-order chi connectivity index (χ0) is 17.4.